The fourth-order valence-corrected chi connectivity index (χ4v) is 2.91. The van der Waals surface area contributed by atoms with Crippen LogP contribution < -0.4 is 5.73 Å². The maximum atomic E-state index is 12.2. The third-order valence-electron chi connectivity index (χ3n) is 3.08. The molecule has 1 amide bonds. The summed E-state index contributed by atoms with van der Waals surface area (Å²) >= 11 is 5.04. The molecule has 96 valence electrons. The van der Waals surface area contributed by atoms with Gasteiger partial charge in [-0.15, -0.1) is 11.3 Å². The predicted octanol–water partition coefficient (Wildman–Crippen LogP) is 2.99. The van der Waals surface area contributed by atoms with E-state index in [1.807, 2.05) is 25.3 Å². The normalized spacial score (nSPS) is 11.6. The van der Waals surface area contributed by atoms with E-state index >= 15 is 0 Å². The lowest BCUT2D eigenvalue weighted by Gasteiger charge is -2.30. The summed E-state index contributed by atoms with van der Waals surface area (Å²) in [7, 11) is 1.81. The number of carbonyl (C=O) groups is 1. The van der Waals surface area contributed by atoms with Crippen LogP contribution in [0, 0.1) is 0 Å². The van der Waals surface area contributed by atoms with E-state index in [2.05, 4.69) is 15.9 Å². The van der Waals surface area contributed by atoms with Gasteiger partial charge in [-0.1, -0.05) is 13.8 Å². The van der Waals surface area contributed by atoms with Crippen LogP contribution in [0.25, 0.3) is 0 Å². The number of rotatable bonds is 5. The van der Waals surface area contributed by atoms with Gasteiger partial charge < -0.3 is 10.6 Å². The molecule has 17 heavy (non-hydrogen) atoms. The van der Waals surface area contributed by atoms with E-state index in [1.54, 1.807) is 23.3 Å². The van der Waals surface area contributed by atoms with Gasteiger partial charge in [0, 0.05) is 13.6 Å². The molecular formula is C12H19BrN2OS. The van der Waals surface area contributed by atoms with Crippen molar-refractivity contribution < 1.29 is 4.79 Å². The Hall–Kier alpha value is -0.390. The second kappa shape index (κ2) is 5.98. The summed E-state index contributed by atoms with van der Waals surface area (Å²) in [5.74, 6) is 0.0184. The van der Waals surface area contributed by atoms with E-state index in [0.29, 0.717) is 19.4 Å². The number of hydrogen-bond acceptors (Lipinski definition) is 3. The van der Waals surface area contributed by atoms with Gasteiger partial charge in [0.15, 0.2) is 0 Å². The fourth-order valence-electron chi connectivity index (χ4n) is 1.71. The summed E-state index contributed by atoms with van der Waals surface area (Å²) in [5.41, 5.74) is 6.51. The number of nitrogens with two attached hydrogens (primary N) is 1. The smallest absolute Gasteiger partial charge is 0.242 e. The first-order valence-electron chi connectivity index (χ1n) is 5.70. The molecule has 0 saturated carbocycles. The first-order chi connectivity index (χ1) is 7.92. The van der Waals surface area contributed by atoms with Gasteiger partial charge in [-0.2, -0.15) is 0 Å². The van der Waals surface area contributed by atoms with Gasteiger partial charge >= 0.3 is 0 Å². The van der Waals surface area contributed by atoms with Crippen molar-refractivity contribution in [3.8, 4) is 0 Å². The third-order valence-corrected chi connectivity index (χ3v) is 4.63. The van der Waals surface area contributed by atoms with Crippen LogP contribution in [-0.4, -0.2) is 23.4 Å². The highest BCUT2D eigenvalue weighted by atomic mass is 79.9. The van der Waals surface area contributed by atoms with Crippen LogP contribution >= 0.6 is 27.3 Å². The molecule has 1 aromatic rings. The van der Waals surface area contributed by atoms with Crippen LogP contribution in [-0.2, 0) is 11.3 Å². The monoisotopic (exact) mass is 318 g/mol. The standard InChI is InChI=1S/C12H19BrN2OS/c1-4-12(14,5-2)11(16)15(3)7-9-6-10(13)17-8-9/h6,8H,4-5,7,14H2,1-3H3. The first kappa shape index (κ1) is 14.7. The first-order valence-corrected chi connectivity index (χ1v) is 7.37. The molecule has 2 N–H and O–H groups in total. The van der Waals surface area contributed by atoms with Gasteiger partial charge in [0.05, 0.1) is 9.33 Å². The van der Waals surface area contributed by atoms with Crippen molar-refractivity contribution in [1.29, 1.82) is 0 Å². The van der Waals surface area contributed by atoms with Crippen LogP contribution in [0.2, 0.25) is 0 Å². The fraction of sp³-hybridized carbons (Fsp3) is 0.583. The number of amides is 1. The van der Waals surface area contributed by atoms with Crippen molar-refractivity contribution in [2.75, 3.05) is 7.05 Å². The van der Waals surface area contributed by atoms with E-state index in [9.17, 15) is 4.79 Å². The van der Waals surface area contributed by atoms with E-state index in [1.165, 1.54) is 0 Å². The van der Waals surface area contributed by atoms with Crippen molar-refractivity contribution >= 4 is 33.2 Å². The minimum Gasteiger partial charge on any atom is -0.340 e. The van der Waals surface area contributed by atoms with Gasteiger partial charge in [0.25, 0.3) is 0 Å². The Morgan fingerprint density at radius 3 is 2.53 bits per heavy atom. The maximum absolute atomic E-state index is 12.2. The van der Waals surface area contributed by atoms with Crippen molar-refractivity contribution in [3.05, 3.63) is 20.8 Å². The number of hydrogen-bond donors (Lipinski definition) is 1. The van der Waals surface area contributed by atoms with Gasteiger partial charge in [-0.3, -0.25) is 4.79 Å². The summed E-state index contributed by atoms with van der Waals surface area (Å²) in [5, 5.41) is 2.05. The molecule has 1 aromatic heterocycles. The summed E-state index contributed by atoms with van der Waals surface area (Å²) in [6.45, 7) is 4.52. The Kier molecular flexibility index (Phi) is 5.16. The molecule has 0 atom stereocenters. The van der Waals surface area contributed by atoms with Gasteiger partial charge in [-0.25, -0.2) is 0 Å². The van der Waals surface area contributed by atoms with Gasteiger partial charge in [0.2, 0.25) is 5.91 Å². The van der Waals surface area contributed by atoms with Crippen LogP contribution in [0.4, 0.5) is 0 Å². The molecule has 0 radical (unpaired) electrons. The number of nitrogens with zero attached hydrogens (tertiary/aromatic N) is 1. The Labute approximate surface area is 115 Å². The second-order valence-electron chi connectivity index (χ2n) is 4.28. The molecule has 0 aromatic carbocycles. The van der Waals surface area contributed by atoms with E-state index < -0.39 is 5.54 Å². The minimum absolute atomic E-state index is 0.0184. The van der Waals surface area contributed by atoms with Crippen molar-refractivity contribution in [2.45, 2.75) is 38.8 Å². The summed E-state index contributed by atoms with van der Waals surface area (Å²) in [6.07, 6.45) is 1.33. The van der Waals surface area contributed by atoms with Crippen LogP contribution in [0.5, 0.6) is 0 Å². The molecule has 0 unspecified atom stereocenters. The minimum atomic E-state index is -0.720. The Morgan fingerprint density at radius 2 is 2.12 bits per heavy atom. The quantitative estimate of drug-likeness (QED) is 0.907. The van der Waals surface area contributed by atoms with Gasteiger partial charge in [0.1, 0.15) is 0 Å². The largest absolute Gasteiger partial charge is 0.340 e. The molecule has 0 bridgehead atoms. The Bertz CT molecular complexity index is 388. The average molecular weight is 319 g/mol. The Balaban J connectivity index is 2.70. The highest BCUT2D eigenvalue weighted by molar-refractivity contribution is 9.11. The van der Waals surface area contributed by atoms with Crippen LogP contribution in [0.1, 0.15) is 32.3 Å². The lowest BCUT2D eigenvalue weighted by Crippen LogP contribution is -2.53. The molecule has 0 saturated heterocycles. The predicted molar refractivity (Wildman–Crippen MR) is 76.0 cm³/mol. The molecule has 0 aliphatic carbocycles. The number of carbonyl (C=O) groups excluding carboxylic acids is 1. The lowest BCUT2D eigenvalue weighted by molar-refractivity contribution is -0.136. The SMILES string of the molecule is CCC(N)(CC)C(=O)N(C)Cc1csc(Br)c1. The molecule has 0 aliphatic heterocycles. The van der Waals surface area contributed by atoms with E-state index in [-0.39, 0.29) is 5.91 Å². The highest BCUT2D eigenvalue weighted by Gasteiger charge is 2.32. The molecular weight excluding hydrogens is 300 g/mol. The zero-order valence-corrected chi connectivity index (χ0v) is 12.9. The molecule has 3 nitrogen and oxygen atoms in total. The second-order valence-corrected chi connectivity index (χ2v) is 6.57. The third kappa shape index (κ3) is 3.53. The van der Waals surface area contributed by atoms with Crippen molar-refractivity contribution in [2.24, 2.45) is 5.73 Å². The number of likely N-dealkylation sites (N-methyl/N-ethyl adjacent to an activating group) is 1. The van der Waals surface area contributed by atoms with Crippen molar-refractivity contribution in [3.63, 3.8) is 0 Å². The number of thiophene rings is 1. The summed E-state index contributed by atoms with van der Waals surface area (Å²) < 4.78 is 1.08. The average Bonchev–Trinajstić information content (AvgIpc) is 2.72. The van der Waals surface area contributed by atoms with Crippen molar-refractivity contribution in [1.82, 2.24) is 4.90 Å². The van der Waals surface area contributed by atoms with E-state index in [0.717, 1.165) is 9.35 Å². The maximum Gasteiger partial charge on any atom is 0.242 e. The van der Waals surface area contributed by atoms with Gasteiger partial charge in [-0.05, 0) is 45.8 Å². The molecule has 0 fully saturated rings. The highest BCUT2D eigenvalue weighted by Crippen LogP contribution is 2.22. The van der Waals surface area contributed by atoms with E-state index in [4.69, 9.17) is 5.73 Å². The molecule has 5 heteroatoms. The number of halogens is 1. The molecule has 1 heterocycles. The summed E-state index contributed by atoms with van der Waals surface area (Å²) in [6, 6.07) is 2.03. The van der Waals surface area contributed by atoms with Crippen LogP contribution in [0.3, 0.4) is 0 Å². The molecule has 0 aliphatic rings. The topological polar surface area (TPSA) is 46.3 Å². The summed E-state index contributed by atoms with van der Waals surface area (Å²) in [4.78, 5) is 13.9. The Morgan fingerprint density at radius 1 is 1.53 bits per heavy atom. The zero-order chi connectivity index (χ0) is 13.1. The zero-order valence-electron chi connectivity index (χ0n) is 10.5. The molecule has 0 spiro atoms. The van der Waals surface area contributed by atoms with Crippen LogP contribution in [0.15, 0.2) is 15.2 Å². The molecule has 1 rings (SSSR count). The lowest BCUT2D eigenvalue weighted by atomic mass is 9.92.